The molecule has 1 heterocycles. The van der Waals surface area contributed by atoms with Crippen LogP contribution in [0.25, 0.3) is 0 Å². The van der Waals surface area contributed by atoms with Gasteiger partial charge in [-0.05, 0) is 42.5 Å². The van der Waals surface area contributed by atoms with Gasteiger partial charge in [-0.2, -0.15) is 0 Å². The second-order valence-electron chi connectivity index (χ2n) is 5.08. The molecule has 3 rings (SSSR count). The van der Waals surface area contributed by atoms with Gasteiger partial charge in [-0.15, -0.1) is 11.3 Å². The van der Waals surface area contributed by atoms with Crippen LogP contribution in [0.2, 0.25) is 0 Å². The van der Waals surface area contributed by atoms with Crippen LogP contribution >= 0.6 is 11.3 Å². The van der Waals surface area contributed by atoms with Gasteiger partial charge in [0.05, 0.1) is 5.56 Å². The van der Waals surface area contributed by atoms with Gasteiger partial charge in [-0.25, -0.2) is 4.79 Å². The SMILES string of the molecule is O=C(O)c1ccccc1CNCc1cc2c(s1)CCC2. The molecule has 2 aromatic rings. The van der Waals surface area contributed by atoms with Crippen LogP contribution in [0.3, 0.4) is 0 Å². The Morgan fingerprint density at radius 3 is 2.90 bits per heavy atom. The van der Waals surface area contributed by atoms with E-state index in [9.17, 15) is 4.79 Å². The highest BCUT2D eigenvalue weighted by Gasteiger charge is 2.14. The van der Waals surface area contributed by atoms with Gasteiger partial charge in [0, 0.05) is 22.8 Å². The number of nitrogens with one attached hydrogen (secondary N) is 1. The summed E-state index contributed by atoms with van der Waals surface area (Å²) >= 11 is 1.89. The first-order valence-electron chi connectivity index (χ1n) is 6.86. The molecule has 0 atom stereocenters. The number of carboxylic acid groups (broad SMARTS) is 1. The number of aromatic carboxylic acids is 1. The predicted octanol–water partition coefficient (Wildman–Crippen LogP) is 3.22. The Morgan fingerprint density at radius 1 is 1.25 bits per heavy atom. The van der Waals surface area contributed by atoms with E-state index in [0.717, 1.165) is 12.1 Å². The lowest BCUT2D eigenvalue weighted by atomic mass is 10.1. The average Bonchev–Trinajstić information content (AvgIpc) is 3.00. The third-order valence-corrected chi connectivity index (χ3v) is 4.90. The third-order valence-electron chi connectivity index (χ3n) is 3.66. The summed E-state index contributed by atoms with van der Waals surface area (Å²) in [6.45, 7) is 1.40. The van der Waals surface area contributed by atoms with Crippen LogP contribution in [0.1, 0.15) is 37.7 Å². The second kappa shape index (κ2) is 5.77. The number of benzene rings is 1. The van der Waals surface area contributed by atoms with E-state index in [4.69, 9.17) is 5.11 Å². The normalized spacial score (nSPS) is 13.4. The first-order chi connectivity index (χ1) is 9.74. The van der Waals surface area contributed by atoms with E-state index in [1.165, 1.54) is 34.6 Å². The van der Waals surface area contributed by atoms with E-state index in [1.54, 1.807) is 12.1 Å². The molecule has 1 aliphatic rings. The molecule has 1 aromatic heterocycles. The lowest BCUT2D eigenvalue weighted by Gasteiger charge is -2.07. The summed E-state index contributed by atoms with van der Waals surface area (Å²) in [5, 5.41) is 12.5. The molecule has 0 saturated heterocycles. The molecule has 0 radical (unpaired) electrons. The predicted molar refractivity (Wildman–Crippen MR) is 80.3 cm³/mol. The highest BCUT2D eigenvalue weighted by Crippen LogP contribution is 2.30. The second-order valence-corrected chi connectivity index (χ2v) is 6.30. The zero-order valence-electron chi connectivity index (χ0n) is 11.2. The molecule has 4 heteroatoms. The fraction of sp³-hybridized carbons (Fsp3) is 0.312. The third kappa shape index (κ3) is 2.76. The summed E-state index contributed by atoms with van der Waals surface area (Å²) in [5.41, 5.74) is 2.73. The van der Waals surface area contributed by atoms with Crippen molar-refractivity contribution >= 4 is 17.3 Å². The first kappa shape index (κ1) is 13.3. The standard InChI is InChI=1S/C16H17NO2S/c18-16(19)14-6-2-1-4-12(14)9-17-10-13-8-11-5-3-7-15(11)20-13/h1-2,4,6,8,17H,3,5,7,9-10H2,(H,18,19). The molecular weight excluding hydrogens is 270 g/mol. The Hall–Kier alpha value is -1.65. The van der Waals surface area contributed by atoms with Crippen LogP contribution in [-0.4, -0.2) is 11.1 Å². The summed E-state index contributed by atoms with van der Waals surface area (Å²) < 4.78 is 0. The molecule has 20 heavy (non-hydrogen) atoms. The topological polar surface area (TPSA) is 49.3 Å². The molecule has 0 spiro atoms. The average molecular weight is 287 g/mol. The van der Waals surface area contributed by atoms with Crippen LogP contribution in [0.5, 0.6) is 0 Å². The van der Waals surface area contributed by atoms with Crippen molar-refractivity contribution in [2.24, 2.45) is 0 Å². The van der Waals surface area contributed by atoms with E-state index in [-0.39, 0.29) is 0 Å². The van der Waals surface area contributed by atoms with Gasteiger partial charge in [0.25, 0.3) is 0 Å². The minimum absolute atomic E-state index is 0.383. The van der Waals surface area contributed by atoms with Gasteiger partial charge in [-0.1, -0.05) is 18.2 Å². The zero-order valence-corrected chi connectivity index (χ0v) is 12.0. The molecule has 0 amide bonds. The van der Waals surface area contributed by atoms with Crippen molar-refractivity contribution in [1.82, 2.24) is 5.32 Å². The van der Waals surface area contributed by atoms with E-state index in [2.05, 4.69) is 11.4 Å². The van der Waals surface area contributed by atoms with Gasteiger partial charge < -0.3 is 10.4 Å². The number of carbonyl (C=O) groups is 1. The molecule has 0 saturated carbocycles. The molecule has 0 unspecified atom stereocenters. The van der Waals surface area contributed by atoms with E-state index in [1.807, 2.05) is 23.5 Å². The van der Waals surface area contributed by atoms with Crippen LogP contribution < -0.4 is 5.32 Å². The molecule has 3 nitrogen and oxygen atoms in total. The summed E-state index contributed by atoms with van der Waals surface area (Å²) in [4.78, 5) is 14.0. The van der Waals surface area contributed by atoms with Crippen molar-refractivity contribution in [3.05, 3.63) is 56.8 Å². The Labute approximate surface area is 122 Å². The van der Waals surface area contributed by atoms with Gasteiger partial charge in [0.1, 0.15) is 0 Å². The summed E-state index contributed by atoms with van der Waals surface area (Å²) in [5.74, 6) is -0.863. The summed E-state index contributed by atoms with van der Waals surface area (Å²) in [7, 11) is 0. The maximum absolute atomic E-state index is 11.1. The van der Waals surface area contributed by atoms with Gasteiger partial charge >= 0.3 is 5.97 Å². The Balaban J connectivity index is 1.61. The van der Waals surface area contributed by atoms with Crippen molar-refractivity contribution in [1.29, 1.82) is 0 Å². The molecular formula is C16H17NO2S. The maximum atomic E-state index is 11.1. The monoisotopic (exact) mass is 287 g/mol. The molecule has 104 valence electrons. The highest BCUT2D eigenvalue weighted by molar-refractivity contribution is 7.12. The fourth-order valence-electron chi connectivity index (χ4n) is 2.68. The smallest absolute Gasteiger partial charge is 0.336 e. The number of carboxylic acids is 1. The largest absolute Gasteiger partial charge is 0.478 e. The number of hydrogen-bond donors (Lipinski definition) is 2. The van der Waals surface area contributed by atoms with Gasteiger partial charge in [0.2, 0.25) is 0 Å². The molecule has 0 aliphatic heterocycles. The van der Waals surface area contributed by atoms with Crippen molar-refractivity contribution in [3.8, 4) is 0 Å². The van der Waals surface area contributed by atoms with Crippen molar-refractivity contribution in [3.63, 3.8) is 0 Å². The maximum Gasteiger partial charge on any atom is 0.336 e. The molecule has 0 bridgehead atoms. The van der Waals surface area contributed by atoms with Crippen LogP contribution in [-0.2, 0) is 25.9 Å². The number of fused-ring (bicyclic) bond motifs is 1. The number of thiophene rings is 1. The quantitative estimate of drug-likeness (QED) is 0.887. The lowest BCUT2D eigenvalue weighted by Crippen LogP contribution is -2.14. The van der Waals surface area contributed by atoms with Gasteiger partial charge in [0.15, 0.2) is 0 Å². The Kier molecular flexibility index (Phi) is 3.85. The molecule has 1 aliphatic carbocycles. The van der Waals surface area contributed by atoms with E-state index in [0.29, 0.717) is 12.1 Å². The minimum Gasteiger partial charge on any atom is -0.478 e. The molecule has 1 aromatic carbocycles. The highest BCUT2D eigenvalue weighted by atomic mass is 32.1. The van der Waals surface area contributed by atoms with Crippen LogP contribution in [0.4, 0.5) is 0 Å². The van der Waals surface area contributed by atoms with Crippen molar-refractivity contribution in [2.45, 2.75) is 32.4 Å². The number of aryl methyl sites for hydroxylation is 2. The lowest BCUT2D eigenvalue weighted by molar-refractivity contribution is 0.0695. The van der Waals surface area contributed by atoms with E-state index < -0.39 is 5.97 Å². The van der Waals surface area contributed by atoms with Crippen molar-refractivity contribution in [2.75, 3.05) is 0 Å². The fourth-order valence-corrected chi connectivity index (χ4v) is 3.91. The minimum atomic E-state index is -0.863. The summed E-state index contributed by atoms with van der Waals surface area (Å²) in [6.07, 6.45) is 3.73. The number of hydrogen-bond acceptors (Lipinski definition) is 3. The first-order valence-corrected chi connectivity index (χ1v) is 7.68. The van der Waals surface area contributed by atoms with E-state index >= 15 is 0 Å². The Morgan fingerprint density at radius 2 is 2.10 bits per heavy atom. The van der Waals surface area contributed by atoms with Crippen molar-refractivity contribution < 1.29 is 9.90 Å². The molecule has 0 fully saturated rings. The molecule has 2 N–H and O–H groups in total. The zero-order chi connectivity index (χ0) is 13.9. The van der Waals surface area contributed by atoms with Crippen LogP contribution in [0.15, 0.2) is 30.3 Å². The Bertz CT molecular complexity index is 612. The van der Waals surface area contributed by atoms with Crippen LogP contribution in [0, 0.1) is 0 Å². The van der Waals surface area contributed by atoms with Gasteiger partial charge in [-0.3, -0.25) is 0 Å². The number of rotatable bonds is 5. The summed E-state index contributed by atoms with van der Waals surface area (Å²) in [6, 6.07) is 9.45.